The second kappa shape index (κ2) is 5.30. The number of benzene rings is 1. The molecule has 1 N–H and O–H groups in total. The summed E-state index contributed by atoms with van der Waals surface area (Å²) in [5, 5.41) is 11.8. The summed E-state index contributed by atoms with van der Waals surface area (Å²) in [4.78, 5) is 15.1. The number of ether oxygens (including phenoxy) is 1. The number of nitrogens with zero attached hydrogens (tertiary/aromatic N) is 1. The number of carbonyl (C=O) groups is 1. The summed E-state index contributed by atoms with van der Waals surface area (Å²) in [5.74, 6) is 0.144. The van der Waals surface area contributed by atoms with Gasteiger partial charge in [0.15, 0.2) is 0 Å². The molecule has 0 spiro atoms. The van der Waals surface area contributed by atoms with E-state index in [1.165, 1.54) is 0 Å². The van der Waals surface area contributed by atoms with Crippen molar-refractivity contribution in [1.29, 1.82) is 0 Å². The van der Waals surface area contributed by atoms with E-state index < -0.39 is 5.97 Å². The molecule has 1 aromatic carbocycles. The maximum absolute atomic E-state index is 10.9. The number of pyridine rings is 1. The van der Waals surface area contributed by atoms with Crippen molar-refractivity contribution in [1.82, 2.24) is 4.98 Å². The van der Waals surface area contributed by atoms with E-state index in [2.05, 4.69) is 4.98 Å². The molecule has 0 radical (unpaired) electrons. The zero-order valence-electron chi connectivity index (χ0n) is 10.4. The van der Waals surface area contributed by atoms with Crippen LogP contribution < -0.4 is 4.74 Å². The first-order valence-corrected chi connectivity index (χ1v) is 6.92. The van der Waals surface area contributed by atoms with Gasteiger partial charge >= 0.3 is 5.97 Å². The molecule has 2 heterocycles. The predicted octanol–water partition coefficient (Wildman–Crippen LogP) is 3.72. The van der Waals surface area contributed by atoms with Crippen LogP contribution in [0.5, 0.6) is 11.6 Å². The minimum atomic E-state index is -0.886. The SMILES string of the molecule is O=C(O)Cc1ccccc1Oc1nccc2sccc12. The third kappa shape index (κ3) is 2.48. The maximum Gasteiger partial charge on any atom is 0.307 e. The van der Waals surface area contributed by atoms with Gasteiger partial charge in [-0.3, -0.25) is 4.79 Å². The van der Waals surface area contributed by atoms with Crippen molar-refractivity contribution in [2.24, 2.45) is 0 Å². The molecule has 0 unspecified atom stereocenters. The summed E-state index contributed by atoms with van der Waals surface area (Å²) in [6, 6.07) is 11.0. The van der Waals surface area contributed by atoms with Crippen LogP contribution in [0, 0.1) is 0 Å². The highest BCUT2D eigenvalue weighted by atomic mass is 32.1. The van der Waals surface area contributed by atoms with E-state index in [4.69, 9.17) is 9.84 Å². The van der Waals surface area contributed by atoms with Gasteiger partial charge < -0.3 is 9.84 Å². The third-order valence-electron chi connectivity index (χ3n) is 2.86. The largest absolute Gasteiger partial charge is 0.481 e. The van der Waals surface area contributed by atoms with Gasteiger partial charge in [-0.15, -0.1) is 11.3 Å². The average Bonchev–Trinajstić information content (AvgIpc) is 2.90. The fraction of sp³-hybridized carbons (Fsp3) is 0.0667. The summed E-state index contributed by atoms with van der Waals surface area (Å²) < 4.78 is 6.90. The lowest BCUT2D eigenvalue weighted by Crippen LogP contribution is -2.02. The van der Waals surface area contributed by atoms with E-state index in [1.807, 2.05) is 23.6 Å². The Balaban J connectivity index is 1.99. The lowest BCUT2D eigenvalue weighted by Gasteiger charge is -2.09. The highest BCUT2D eigenvalue weighted by Gasteiger charge is 2.11. The highest BCUT2D eigenvalue weighted by molar-refractivity contribution is 7.17. The summed E-state index contributed by atoms with van der Waals surface area (Å²) in [7, 11) is 0. The minimum Gasteiger partial charge on any atom is -0.481 e. The molecule has 0 saturated carbocycles. The van der Waals surface area contributed by atoms with Crippen LogP contribution in [0.4, 0.5) is 0 Å². The smallest absolute Gasteiger partial charge is 0.307 e. The molecule has 0 atom stereocenters. The number of aromatic nitrogens is 1. The van der Waals surface area contributed by atoms with E-state index in [-0.39, 0.29) is 6.42 Å². The number of rotatable bonds is 4. The number of carboxylic acid groups (broad SMARTS) is 1. The zero-order valence-corrected chi connectivity index (χ0v) is 11.3. The van der Waals surface area contributed by atoms with Crippen molar-refractivity contribution in [2.45, 2.75) is 6.42 Å². The topological polar surface area (TPSA) is 59.4 Å². The van der Waals surface area contributed by atoms with Gasteiger partial charge in [0.2, 0.25) is 5.88 Å². The van der Waals surface area contributed by atoms with E-state index in [0.29, 0.717) is 17.2 Å². The summed E-state index contributed by atoms with van der Waals surface area (Å²) in [5.41, 5.74) is 0.633. The van der Waals surface area contributed by atoms with Crippen LogP contribution in [0.3, 0.4) is 0 Å². The van der Waals surface area contributed by atoms with Gasteiger partial charge in [0, 0.05) is 16.5 Å². The van der Waals surface area contributed by atoms with Crippen molar-refractivity contribution in [3.8, 4) is 11.6 Å². The summed E-state index contributed by atoms with van der Waals surface area (Å²) in [6.07, 6.45) is 1.61. The van der Waals surface area contributed by atoms with Crippen molar-refractivity contribution in [2.75, 3.05) is 0 Å². The Morgan fingerprint density at radius 2 is 2.10 bits per heavy atom. The van der Waals surface area contributed by atoms with Crippen molar-refractivity contribution < 1.29 is 14.6 Å². The quantitative estimate of drug-likeness (QED) is 0.793. The number of hydrogen-bond donors (Lipinski definition) is 1. The van der Waals surface area contributed by atoms with Gasteiger partial charge in [-0.25, -0.2) is 4.98 Å². The molecule has 2 aromatic heterocycles. The number of aliphatic carboxylic acids is 1. The summed E-state index contributed by atoms with van der Waals surface area (Å²) in [6.45, 7) is 0. The number of carboxylic acids is 1. The van der Waals surface area contributed by atoms with Crippen LogP contribution in [0.25, 0.3) is 10.1 Å². The van der Waals surface area contributed by atoms with E-state index >= 15 is 0 Å². The molecule has 4 nitrogen and oxygen atoms in total. The second-order valence-corrected chi connectivity index (χ2v) is 5.18. The Morgan fingerprint density at radius 1 is 1.25 bits per heavy atom. The van der Waals surface area contributed by atoms with Crippen LogP contribution >= 0.6 is 11.3 Å². The fourth-order valence-electron chi connectivity index (χ4n) is 1.97. The molecule has 0 aliphatic heterocycles. The third-order valence-corrected chi connectivity index (χ3v) is 3.75. The molecule has 0 aliphatic carbocycles. The number of thiophene rings is 1. The van der Waals surface area contributed by atoms with Crippen LogP contribution in [0.1, 0.15) is 5.56 Å². The molecule has 0 bridgehead atoms. The molecule has 0 fully saturated rings. The molecule has 3 rings (SSSR count). The normalized spacial score (nSPS) is 10.6. The predicted molar refractivity (Wildman–Crippen MR) is 77.5 cm³/mol. The van der Waals surface area contributed by atoms with Crippen molar-refractivity contribution in [3.05, 3.63) is 53.5 Å². The Labute approximate surface area is 119 Å². The van der Waals surface area contributed by atoms with Crippen LogP contribution in [-0.2, 0) is 11.2 Å². The van der Waals surface area contributed by atoms with Gasteiger partial charge in [0.05, 0.1) is 11.8 Å². The van der Waals surface area contributed by atoms with Gasteiger partial charge in [0.1, 0.15) is 5.75 Å². The number of fused-ring (bicyclic) bond motifs is 1. The number of para-hydroxylation sites is 1. The first-order valence-electron chi connectivity index (χ1n) is 6.04. The highest BCUT2D eigenvalue weighted by Crippen LogP contribution is 2.32. The van der Waals surface area contributed by atoms with Crippen molar-refractivity contribution >= 4 is 27.4 Å². The van der Waals surface area contributed by atoms with Crippen LogP contribution in [0.2, 0.25) is 0 Å². The standard InChI is InChI=1S/C15H11NO3S/c17-14(18)9-10-3-1-2-4-12(10)19-15-11-6-8-20-13(11)5-7-16-15/h1-8H,9H2,(H,17,18). The molecule has 5 heteroatoms. The Kier molecular flexibility index (Phi) is 3.35. The van der Waals surface area contributed by atoms with E-state index in [9.17, 15) is 4.79 Å². The Bertz CT molecular complexity index is 766. The Hall–Kier alpha value is -2.40. The lowest BCUT2D eigenvalue weighted by molar-refractivity contribution is -0.136. The van der Waals surface area contributed by atoms with Crippen LogP contribution in [-0.4, -0.2) is 16.1 Å². The molecule has 3 aromatic rings. The first-order chi connectivity index (χ1) is 9.74. The molecule has 0 aliphatic rings. The summed E-state index contributed by atoms with van der Waals surface area (Å²) >= 11 is 1.61. The molecule has 100 valence electrons. The van der Waals surface area contributed by atoms with Crippen molar-refractivity contribution in [3.63, 3.8) is 0 Å². The van der Waals surface area contributed by atoms with Gasteiger partial charge in [0.25, 0.3) is 0 Å². The fourth-order valence-corrected chi connectivity index (χ4v) is 2.74. The van der Waals surface area contributed by atoms with Gasteiger partial charge in [-0.05, 0) is 23.6 Å². The Morgan fingerprint density at radius 3 is 2.95 bits per heavy atom. The van der Waals surface area contributed by atoms with E-state index in [0.717, 1.165) is 10.1 Å². The number of hydrogen-bond acceptors (Lipinski definition) is 4. The molecular formula is C15H11NO3S. The lowest BCUT2D eigenvalue weighted by atomic mass is 10.1. The van der Waals surface area contributed by atoms with Gasteiger partial charge in [-0.2, -0.15) is 0 Å². The molecular weight excluding hydrogens is 274 g/mol. The molecule has 0 saturated heterocycles. The zero-order chi connectivity index (χ0) is 13.9. The first kappa shape index (κ1) is 12.6. The molecule has 20 heavy (non-hydrogen) atoms. The molecule has 0 amide bonds. The maximum atomic E-state index is 10.9. The second-order valence-electron chi connectivity index (χ2n) is 4.23. The monoisotopic (exact) mass is 285 g/mol. The average molecular weight is 285 g/mol. The van der Waals surface area contributed by atoms with E-state index in [1.54, 1.807) is 35.7 Å². The van der Waals surface area contributed by atoms with Crippen LogP contribution in [0.15, 0.2) is 48.0 Å². The minimum absolute atomic E-state index is 0.0736. The van der Waals surface area contributed by atoms with Gasteiger partial charge in [-0.1, -0.05) is 18.2 Å².